The van der Waals surface area contributed by atoms with Gasteiger partial charge in [0.05, 0.1) is 12.7 Å². The summed E-state index contributed by atoms with van der Waals surface area (Å²) in [6, 6.07) is 38.4. The third-order valence-electron chi connectivity index (χ3n) is 5.17. The maximum Gasteiger partial charge on any atom is 0.190 e. The number of Topliss-reactive ketones (excluding diaryl/α,β-unsaturated/α-hetero) is 1. The molecule has 0 N–H and O–H groups in total. The summed E-state index contributed by atoms with van der Waals surface area (Å²) in [5, 5.41) is 3.43. The highest BCUT2D eigenvalue weighted by atomic mass is 31.2. The molecule has 4 aromatic rings. The van der Waals surface area contributed by atoms with Crippen molar-refractivity contribution >= 4 is 34.4 Å². The zero-order valence-corrected chi connectivity index (χ0v) is 17.7. The Bertz CT molecular complexity index is 1080. The van der Waals surface area contributed by atoms with E-state index in [4.69, 9.17) is 4.74 Å². The van der Waals surface area contributed by atoms with Gasteiger partial charge in [0.25, 0.3) is 0 Å². The lowest BCUT2D eigenvalue weighted by Crippen LogP contribution is -2.28. The van der Waals surface area contributed by atoms with Gasteiger partial charge >= 0.3 is 0 Å². The first kappa shape index (κ1) is 19.9. The topological polar surface area (TPSA) is 26.3 Å². The lowest BCUT2D eigenvalue weighted by Gasteiger charge is -2.28. The Kier molecular flexibility index (Phi) is 5.97. The largest absolute Gasteiger partial charge is 0.496 e. The Morgan fingerprint density at radius 3 is 1.47 bits per heavy atom. The first-order valence-electron chi connectivity index (χ1n) is 9.84. The van der Waals surface area contributed by atoms with Crippen LogP contribution in [-0.2, 0) is 0 Å². The molecule has 30 heavy (non-hydrogen) atoms. The van der Waals surface area contributed by atoms with Crippen molar-refractivity contribution < 1.29 is 9.53 Å². The third-order valence-corrected chi connectivity index (χ3v) is 9.13. The van der Waals surface area contributed by atoms with Gasteiger partial charge in [-0.15, -0.1) is 0 Å². The molecule has 0 aromatic heterocycles. The molecule has 0 aliphatic rings. The van der Waals surface area contributed by atoms with Crippen molar-refractivity contribution in [2.24, 2.45) is 0 Å². The van der Waals surface area contributed by atoms with E-state index >= 15 is 0 Å². The number of ether oxygens (including phenoxy) is 1. The summed E-state index contributed by atoms with van der Waals surface area (Å²) < 4.78 is 5.47. The van der Waals surface area contributed by atoms with Crippen LogP contribution in [0.25, 0.3) is 0 Å². The molecule has 3 heteroatoms. The fraction of sp³-hybridized carbons (Fsp3) is 0.0370. The quantitative estimate of drug-likeness (QED) is 0.341. The van der Waals surface area contributed by atoms with E-state index < -0.39 is 6.89 Å². The maximum absolute atomic E-state index is 13.7. The van der Waals surface area contributed by atoms with Gasteiger partial charge in [0.1, 0.15) is 5.75 Å². The van der Waals surface area contributed by atoms with Crippen LogP contribution < -0.4 is 20.7 Å². The summed E-state index contributed by atoms with van der Waals surface area (Å²) in [6.45, 7) is -2.34. The molecule has 4 aromatic carbocycles. The van der Waals surface area contributed by atoms with Gasteiger partial charge in [-0.05, 0) is 40.7 Å². The number of benzene rings is 4. The summed E-state index contributed by atoms with van der Waals surface area (Å²) in [5.74, 6) is 2.49. The Labute approximate surface area is 177 Å². The third kappa shape index (κ3) is 3.75. The number of carbonyl (C=O) groups excluding carboxylic acids is 1. The summed E-state index contributed by atoms with van der Waals surface area (Å²) in [5.41, 5.74) is 0.576. The molecule has 0 amide bonds. The van der Waals surface area contributed by atoms with Gasteiger partial charge in [0, 0.05) is 0 Å². The first-order chi connectivity index (χ1) is 14.8. The SMILES string of the molecule is COc1ccccc1C(=O)C=P(c1ccccc1)(c1ccccc1)c1ccccc1. The van der Waals surface area contributed by atoms with Crippen LogP contribution in [0.5, 0.6) is 5.75 Å². The highest BCUT2D eigenvalue weighted by Gasteiger charge is 2.27. The first-order valence-corrected chi connectivity index (χ1v) is 11.7. The Morgan fingerprint density at radius 1 is 0.633 bits per heavy atom. The highest BCUT2D eigenvalue weighted by Crippen LogP contribution is 2.44. The lowest BCUT2D eigenvalue weighted by atomic mass is 10.1. The molecule has 0 spiro atoms. The number of hydrogen-bond donors (Lipinski definition) is 0. The zero-order chi connectivity index (χ0) is 20.8. The van der Waals surface area contributed by atoms with Crippen LogP contribution in [0.4, 0.5) is 0 Å². The molecule has 0 fully saturated rings. The molecule has 2 nitrogen and oxygen atoms in total. The van der Waals surface area contributed by atoms with E-state index in [1.807, 2.05) is 84.7 Å². The predicted molar refractivity (Wildman–Crippen MR) is 129 cm³/mol. The Hall–Kier alpha value is -3.35. The molecule has 0 saturated heterocycles. The van der Waals surface area contributed by atoms with Gasteiger partial charge in [-0.25, -0.2) is 0 Å². The minimum absolute atomic E-state index is 0.0302. The molecule has 0 aliphatic heterocycles. The second-order valence-electron chi connectivity index (χ2n) is 6.92. The van der Waals surface area contributed by atoms with Crippen molar-refractivity contribution in [3.05, 3.63) is 121 Å². The van der Waals surface area contributed by atoms with Crippen LogP contribution >= 0.6 is 6.89 Å². The van der Waals surface area contributed by atoms with E-state index in [0.29, 0.717) is 11.3 Å². The van der Waals surface area contributed by atoms with Crippen molar-refractivity contribution in [3.63, 3.8) is 0 Å². The molecule has 4 rings (SSSR count). The molecule has 0 saturated carbocycles. The molecule has 0 aliphatic carbocycles. The molecule has 148 valence electrons. The lowest BCUT2D eigenvalue weighted by molar-refractivity contribution is 0.107. The summed E-state index contributed by atoms with van der Waals surface area (Å²) in [7, 11) is 1.60. The van der Waals surface area contributed by atoms with Gasteiger partial charge in [0.15, 0.2) is 5.78 Å². The monoisotopic (exact) mass is 410 g/mol. The standard InChI is InChI=1S/C27H23O2P/c1-29-27-20-12-11-19-25(27)26(28)21-30(22-13-5-2-6-14-22,23-15-7-3-8-16-23)24-17-9-4-10-18-24/h2-21H,1H3. The minimum Gasteiger partial charge on any atom is -0.496 e. The van der Waals surface area contributed by atoms with Crippen LogP contribution in [0.2, 0.25) is 0 Å². The minimum atomic E-state index is -2.34. The van der Waals surface area contributed by atoms with E-state index in [-0.39, 0.29) is 5.78 Å². The second-order valence-corrected chi connectivity index (χ2v) is 10.2. The van der Waals surface area contributed by atoms with Gasteiger partial charge in [-0.3, -0.25) is 4.79 Å². The molecule has 0 heterocycles. The van der Waals surface area contributed by atoms with Crippen LogP contribution in [0.1, 0.15) is 10.4 Å². The fourth-order valence-corrected chi connectivity index (χ4v) is 7.51. The summed E-state index contributed by atoms with van der Waals surface area (Å²) in [4.78, 5) is 13.7. The molecular formula is C27H23O2P. The second kappa shape index (κ2) is 8.98. The Morgan fingerprint density at radius 2 is 1.03 bits per heavy atom. The van der Waals surface area contributed by atoms with Crippen LogP contribution in [-0.4, -0.2) is 18.7 Å². The number of ketones is 1. The van der Waals surface area contributed by atoms with E-state index in [1.165, 1.54) is 0 Å². The van der Waals surface area contributed by atoms with Crippen LogP contribution in [0, 0.1) is 0 Å². The molecular weight excluding hydrogens is 387 g/mol. The van der Waals surface area contributed by atoms with E-state index in [2.05, 4.69) is 36.4 Å². The van der Waals surface area contributed by atoms with Crippen molar-refractivity contribution in [2.45, 2.75) is 0 Å². The molecule has 0 atom stereocenters. The van der Waals surface area contributed by atoms with E-state index in [1.54, 1.807) is 7.11 Å². The van der Waals surface area contributed by atoms with Crippen LogP contribution in [0.15, 0.2) is 115 Å². The number of rotatable bonds is 6. The average molecular weight is 410 g/mol. The number of carbonyl (C=O) groups is 1. The summed E-state index contributed by atoms with van der Waals surface area (Å²) in [6.07, 6.45) is 0. The van der Waals surface area contributed by atoms with E-state index in [0.717, 1.165) is 15.9 Å². The zero-order valence-electron chi connectivity index (χ0n) is 16.8. The molecule has 0 bridgehead atoms. The van der Waals surface area contributed by atoms with Gasteiger partial charge < -0.3 is 4.74 Å². The predicted octanol–water partition coefficient (Wildman–Crippen LogP) is 4.67. The normalized spacial score (nSPS) is 11.0. The van der Waals surface area contributed by atoms with Crippen molar-refractivity contribution in [1.29, 1.82) is 0 Å². The van der Waals surface area contributed by atoms with Gasteiger partial charge in [0.2, 0.25) is 0 Å². The van der Waals surface area contributed by atoms with E-state index in [9.17, 15) is 4.79 Å². The van der Waals surface area contributed by atoms with Crippen molar-refractivity contribution in [1.82, 2.24) is 0 Å². The van der Waals surface area contributed by atoms with Crippen molar-refractivity contribution in [3.8, 4) is 5.75 Å². The fourth-order valence-electron chi connectivity index (χ4n) is 3.75. The molecule has 0 radical (unpaired) electrons. The number of hydrogen-bond acceptors (Lipinski definition) is 2. The molecule has 0 unspecified atom stereocenters. The van der Waals surface area contributed by atoms with Gasteiger partial charge in [-0.2, -0.15) is 0 Å². The van der Waals surface area contributed by atoms with Crippen molar-refractivity contribution in [2.75, 3.05) is 7.11 Å². The average Bonchev–Trinajstić information content (AvgIpc) is 2.84. The van der Waals surface area contributed by atoms with Gasteiger partial charge in [-0.1, -0.05) is 103 Å². The van der Waals surface area contributed by atoms with Crippen LogP contribution in [0.3, 0.4) is 0 Å². The highest BCUT2D eigenvalue weighted by molar-refractivity contribution is 7.95. The maximum atomic E-state index is 13.7. The summed E-state index contributed by atoms with van der Waals surface area (Å²) >= 11 is 0. The Balaban J connectivity index is 2.07. The smallest absolute Gasteiger partial charge is 0.190 e. The number of para-hydroxylation sites is 1. The number of methoxy groups -OCH3 is 1.